The molecule has 4 aliphatic rings. The zero-order valence-corrected chi connectivity index (χ0v) is 22.8. The summed E-state index contributed by atoms with van der Waals surface area (Å²) in [6, 6.07) is 0. The number of aromatic nitrogens is 1. The molecule has 0 aliphatic heterocycles. The predicted molar refractivity (Wildman–Crippen MR) is 146 cm³/mol. The number of aliphatic hydroxyl groups excluding tert-OH is 3. The number of hydrogen-bond acceptors (Lipinski definition) is 5. The van der Waals surface area contributed by atoms with E-state index >= 15 is 0 Å². The fourth-order valence-electron chi connectivity index (χ4n) is 7.68. The Bertz CT molecular complexity index is 1090. The monoisotopic (exact) mass is 507 g/mol. The molecule has 0 bridgehead atoms. The first kappa shape index (κ1) is 26.6. The second-order valence-electron chi connectivity index (χ2n) is 12.5. The quantitative estimate of drug-likeness (QED) is 0.396. The van der Waals surface area contributed by atoms with Crippen molar-refractivity contribution in [1.82, 2.24) is 4.98 Å². The average molecular weight is 508 g/mol. The molecular weight excluding hydrogens is 462 g/mol. The van der Waals surface area contributed by atoms with Crippen molar-refractivity contribution in [1.29, 1.82) is 0 Å². The Morgan fingerprint density at radius 1 is 1.19 bits per heavy atom. The topological polar surface area (TPSA) is 86.7 Å². The summed E-state index contributed by atoms with van der Waals surface area (Å²) in [6.07, 6.45) is 18.3. The van der Waals surface area contributed by atoms with Gasteiger partial charge in [-0.05, 0) is 85.7 Å². The van der Waals surface area contributed by atoms with Crippen molar-refractivity contribution in [3.8, 4) is 0 Å². The van der Waals surface area contributed by atoms with Crippen LogP contribution in [0.25, 0.3) is 0 Å². The van der Waals surface area contributed by atoms with E-state index in [2.05, 4.69) is 50.6 Å². The number of allylic oxidation sites excluding steroid dienone is 4. The standard InChI is InChI=1S/C32H45NO4/c1-5-25-19-33-30(37-25)32(15-16-32)29(36)13-8-20(2)26-11-12-27-22(7-6-14-31(26,27)4)9-10-23-17-24(34)18-28(35)21(23)3/h8-10,13,19-20,24,26-29,34-36H,3,5-7,11-12,14-18H2,1-2,4H3/b13-8+,22-9+,23-10-/t20-,24-,26-,27+,28+,29-,31-/m1/s1. The second kappa shape index (κ2) is 10.3. The molecule has 0 saturated heterocycles. The van der Waals surface area contributed by atoms with Crippen LogP contribution >= 0.6 is 0 Å². The third-order valence-electron chi connectivity index (χ3n) is 10.2. The van der Waals surface area contributed by atoms with Crippen molar-refractivity contribution in [2.24, 2.45) is 23.2 Å². The van der Waals surface area contributed by atoms with Gasteiger partial charge in [0, 0.05) is 12.8 Å². The Morgan fingerprint density at radius 3 is 2.68 bits per heavy atom. The van der Waals surface area contributed by atoms with Crippen LogP contribution < -0.4 is 0 Å². The summed E-state index contributed by atoms with van der Waals surface area (Å²) >= 11 is 0. The SMILES string of the molecule is C=C1/C(=C\C=C2/CCC[C@]3(C)[C@@H]([C@H](C)/C=C/[C@@H](O)C4(c5ncc(CC)o5)CC4)CC[C@@H]23)C[C@@H](O)C[C@@H]1O. The van der Waals surface area contributed by atoms with E-state index in [0.717, 1.165) is 42.6 Å². The van der Waals surface area contributed by atoms with Crippen molar-refractivity contribution in [2.75, 3.05) is 0 Å². The van der Waals surface area contributed by atoms with Crippen LogP contribution in [0.1, 0.15) is 90.2 Å². The van der Waals surface area contributed by atoms with E-state index in [1.807, 2.05) is 6.08 Å². The summed E-state index contributed by atoms with van der Waals surface area (Å²) in [5, 5.41) is 31.4. The van der Waals surface area contributed by atoms with E-state index in [1.165, 1.54) is 31.3 Å². The Morgan fingerprint density at radius 2 is 1.97 bits per heavy atom. The summed E-state index contributed by atoms with van der Waals surface area (Å²) < 4.78 is 5.92. The van der Waals surface area contributed by atoms with Gasteiger partial charge in [-0.15, -0.1) is 0 Å². The fourth-order valence-corrected chi connectivity index (χ4v) is 7.68. The molecule has 1 heterocycles. The molecule has 0 aromatic carbocycles. The van der Waals surface area contributed by atoms with Crippen LogP contribution in [0, 0.1) is 23.2 Å². The van der Waals surface area contributed by atoms with Crippen LogP contribution in [0.4, 0.5) is 0 Å². The van der Waals surface area contributed by atoms with E-state index in [4.69, 9.17) is 4.42 Å². The Kier molecular flexibility index (Phi) is 7.43. The van der Waals surface area contributed by atoms with Crippen LogP contribution in [0.5, 0.6) is 0 Å². The molecule has 0 spiro atoms. The third-order valence-corrected chi connectivity index (χ3v) is 10.2. The van der Waals surface area contributed by atoms with Crippen molar-refractivity contribution < 1.29 is 19.7 Å². The summed E-state index contributed by atoms with van der Waals surface area (Å²) in [5.74, 6) is 3.10. The van der Waals surface area contributed by atoms with Crippen LogP contribution in [-0.4, -0.2) is 38.6 Å². The smallest absolute Gasteiger partial charge is 0.203 e. The van der Waals surface area contributed by atoms with Crippen molar-refractivity contribution in [3.05, 3.63) is 65.5 Å². The van der Waals surface area contributed by atoms with Gasteiger partial charge in [-0.25, -0.2) is 4.98 Å². The molecule has 4 saturated carbocycles. The lowest BCUT2D eigenvalue weighted by atomic mass is 9.61. The highest BCUT2D eigenvalue weighted by atomic mass is 16.4. The minimum Gasteiger partial charge on any atom is -0.445 e. The molecule has 4 aliphatic carbocycles. The second-order valence-corrected chi connectivity index (χ2v) is 12.5. The molecule has 202 valence electrons. The molecule has 0 radical (unpaired) electrons. The van der Waals surface area contributed by atoms with Crippen molar-refractivity contribution >= 4 is 0 Å². The number of oxazole rings is 1. The van der Waals surface area contributed by atoms with Gasteiger partial charge in [0.1, 0.15) is 5.76 Å². The van der Waals surface area contributed by atoms with E-state index in [1.54, 1.807) is 6.20 Å². The van der Waals surface area contributed by atoms with Gasteiger partial charge in [-0.3, -0.25) is 0 Å². The Labute approximate surface area is 222 Å². The van der Waals surface area contributed by atoms with E-state index < -0.39 is 18.3 Å². The van der Waals surface area contributed by atoms with E-state index in [9.17, 15) is 15.3 Å². The molecule has 4 fully saturated rings. The normalized spacial score (nSPS) is 37.3. The van der Waals surface area contributed by atoms with Gasteiger partial charge in [0.05, 0.1) is 29.9 Å². The van der Waals surface area contributed by atoms with Gasteiger partial charge < -0.3 is 19.7 Å². The molecule has 1 aromatic heterocycles. The first-order valence-electron chi connectivity index (χ1n) is 14.4. The third kappa shape index (κ3) is 4.95. The predicted octanol–water partition coefficient (Wildman–Crippen LogP) is 5.96. The van der Waals surface area contributed by atoms with Crippen molar-refractivity contribution in [3.63, 3.8) is 0 Å². The highest BCUT2D eigenvalue weighted by Gasteiger charge is 2.54. The van der Waals surface area contributed by atoms with Crippen LogP contribution in [0.15, 0.2) is 58.2 Å². The molecule has 37 heavy (non-hydrogen) atoms. The van der Waals surface area contributed by atoms with Crippen LogP contribution in [0.3, 0.4) is 0 Å². The number of aliphatic hydroxyl groups is 3. The van der Waals surface area contributed by atoms with E-state index in [0.29, 0.717) is 36.5 Å². The van der Waals surface area contributed by atoms with Gasteiger partial charge in [0.25, 0.3) is 0 Å². The maximum absolute atomic E-state index is 11.1. The Balaban J connectivity index is 1.28. The van der Waals surface area contributed by atoms with Crippen LogP contribution in [0.2, 0.25) is 0 Å². The summed E-state index contributed by atoms with van der Waals surface area (Å²) in [7, 11) is 0. The Hall–Kier alpha value is -1.95. The zero-order valence-electron chi connectivity index (χ0n) is 22.8. The van der Waals surface area contributed by atoms with Crippen molar-refractivity contribution in [2.45, 2.75) is 109 Å². The minimum absolute atomic E-state index is 0.246. The summed E-state index contributed by atoms with van der Waals surface area (Å²) in [4.78, 5) is 4.48. The molecule has 5 heteroatoms. The largest absolute Gasteiger partial charge is 0.445 e. The fraction of sp³-hybridized carbons (Fsp3) is 0.656. The summed E-state index contributed by atoms with van der Waals surface area (Å²) in [5.41, 5.74) is 3.15. The minimum atomic E-state index is -0.643. The highest BCUT2D eigenvalue weighted by Crippen LogP contribution is 2.60. The molecule has 0 unspecified atom stereocenters. The molecule has 5 nitrogen and oxygen atoms in total. The van der Waals surface area contributed by atoms with E-state index in [-0.39, 0.29) is 10.8 Å². The molecule has 5 rings (SSSR count). The zero-order chi connectivity index (χ0) is 26.4. The first-order valence-corrected chi connectivity index (χ1v) is 14.4. The molecule has 0 amide bonds. The average Bonchev–Trinajstić information content (AvgIpc) is 3.39. The maximum atomic E-state index is 11.1. The maximum Gasteiger partial charge on any atom is 0.203 e. The first-order chi connectivity index (χ1) is 17.7. The molecule has 3 N–H and O–H groups in total. The van der Waals surface area contributed by atoms with Gasteiger partial charge in [-0.2, -0.15) is 0 Å². The van der Waals surface area contributed by atoms with Gasteiger partial charge in [-0.1, -0.05) is 57.2 Å². The molecule has 7 atom stereocenters. The van der Waals surface area contributed by atoms with Gasteiger partial charge in [0.15, 0.2) is 0 Å². The summed E-state index contributed by atoms with van der Waals surface area (Å²) in [6.45, 7) is 10.9. The lowest BCUT2D eigenvalue weighted by Crippen LogP contribution is -2.35. The molecular formula is C32H45NO4. The van der Waals surface area contributed by atoms with Gasteiger partial charge in [0.2, 0.25) is 5.89 Å². The van der Waals surface area contributed by atoms with Gasteiger partial charge >= 0.3 is 0 Å². The number of rotatable bonds is 7. The lowest BCUT2D eigenvalue weighted by molar-refractivity contribution is 0.0862. The number of aryl methyl sites for hydroxylation is 1. The van der Waals surface area contributed by atoms with Crippen LogP contribution in [-0.2, 0) is 11.8 Å². The number of nitrogens with zero attached hydrogens (tertiary/aromatic N) is 1. The molecule has 1 aromatic rings. The number of hydrogen-bond donors (Lipinski definition) is 3. The number of fused-ring (bicyclic) bond motifs is 1. The lowest BCUT2D eigenvalue weighted by Gasteiger charge is -2.44. The highest BCUT2D eigenvalue weighted by molar-refractivity contribution is 5.38.